The molecule has 1 heterocycles. The Hall–Kier alpha value is -1.46. The third kappa shape index (κ3) is 1.15. The number of terminal acetylenes is 1. The molecule has 1 aromatic carbocycles. The first-order chi connectivity index (χ1) is 5.81. The molecule has 0 radical (unpaired) electrons. The summed E-state index contributed by atoms with van der Waals surface area (Å²) in [6.07, 6.45) is 5.13. The van der Waals surface area contributed by atoms with Gasteiger partial charge in [-0.25, -0.2) is 0 Å². The first kappa shape index (κ1) is 7.20. The second kappa shape index (κ2) is 2.54. The van der Waals surface area contributed by atoms with Gasteiger partial charge in [-0.05, 0) is 17.7 Å². The van der Waals surface area contributed by atoms with Crippen LogP contribution in [0, 0.1) is 12.3 Å². The summed E-state index contributed by atoms with van der Waals surface area (Å²) in [5, 5.41) is 9.00. The summed E-state index contributed by atoms with van der Waals surface area (Å²) in [6.45, 7) is 0. The average molecular weight is 160 g/mol. The third-order valence-electron chi connectivity index (χ3n) is 1.88. The van der Waals surface area contributed by atoms with Gasteiger partial charge in [-0.3, -0.25) is 0 Å². The molecule has 60 valence electrons. The fourth-order valence-corrected chi connectivity index (χ4v) is 1.16. The Morgan fingerprint density at radius 1 is 1.33 bits per heavy atom. The molecule has 2 heteroatoms. The molecule has 1 aliphatic heterocycles. The lowest BCUT2D eigenvalue weighted by Crippen LogP contribution is -1.83. The fraction of sp³-hybridized carbons (Fsp3) is 0.200. The largest absolute Gasteiger partial charge is 0.508 e. The van der Waals surface area contributed by atoms with E-state index in [4.69, 9.17) is 16.3 Å². The molecule has 2 nitrogen and oxygen atoms in total. The van der Waals surface area contributed by atoms with Crippen LogP contribution < -0.4 is 0 Å². The molecule has 12 heavy (non-hydrogen) atoms. The van der Waals surface area contributed by atoms with Crippen molar-refractivity contribution >= 4 is 0 Å². The minimum absolute atomic E-state index is 0.0376. The van der Waals surface area contributed by atoms with Crippen LogP contribution in [0.1, 0.15) is 11.7 Å². The molecule has 0 aliphatic carbocycles. The molecule has 1 saturated heterocycles. The van der Waals surface area contributed by atoms with Gasteiger partial charge in [0.15, 0.2) is 0 Å². The lowest BCUT2D eigenvalue weighted by atomic mass is 10.1. The number of epoxide rings is 1. The molecule has 1 aromatic rings. The highest BCUT2D eigenvalue weighted by Crippen LogP contribution is 2.38. The van der Waals surface area contributed by atoms with Crippen molar-refractivity contribution in [3.63, 3.8) is 0 Å². The van der Waals surface area contributed by atoms with E-state index in [0.29, 0.717) is 0 Å². The van der Waals surface area contributed by atoms with Crippen LogP contribution in [0.5, 0.6) is 5.75 Å². The maximum Gasteiger partial charge on any atom is 0.149 e. The van der Waals surface area contributed by atoms with Gasteiger partial charge in [0, 0.05) is 0 Å². The van der Waals surface area contributed by atoms with Crippen LogP contribution in [-0.2, 0) is 4.74 Å². The highest BCUT2D eigenvalue weighted by Gasteiger charge is 2.38. The lowest BCUT2D eigenvalue weighted by molar-refractivity contribution is 0.397. The van der Waals surface area contributed by atoms with Crippen LogP contribution >= 0.6 is 0 Å². The van der Waals surface area contributed by atoms with Gasteiger partial charge in [0.05, 0.1) is 0 Å². The monoisotopic (exact) mass is 160 g/mol. The number of hydrogen-bond acceptors (Lipinski definition) is 2. The van der Waals surface area contributed by atoms with Crippen molar-refractivity contribution < 1.29 is 9.84 Å². The Bertz CT molecular complexity index is 321. The van der Waals surface area contributed by atoms with E-state index in [1.165, 1.54) is 0 Å². The van der Waals surface area contributed by atoms with Gasteiger partial charge in [-0.1, -0.05) is 18.1 Å². The summed E-state index contributed by atoms with van der Waals surface area (Å²) in [6, 6.07) is 6.89. The highest BCUT2D eigenvalue weighted by atomic mass is 16.6. The predicted octanol–water partition coefficient (Wildman–Crippen LogP) is 1.47. The zero-order chi connectivity index (χ0) is 8.55. The van der Waals surface area contributed by atoms with Crippen LogP contribution in [0.2, 0.25) is 0 Å². The number of ether oxygens (including phenoxy) is 1. The van der Waals surface area contributed by atoms with Crippen molar-refractivity contribution in [2.75, 3.05) is 0 Å². The average Bonchev–Trinajstić information content (AvgIpc) is 2.85. The summed E-state index contributed by atoms with van der Waals surface area (Å²) in [7, 11) is 0. The van der Waals surface area contributed by atoms with E-state index in [1.54, 1.807) is 12.1 Å². The highest BCUT2D eigenvalue weighted by molar-refractivity contribution is 5.31. The standard InChI is InChI=1S/C10H8O2/c1-2-9-10(12-9)7-3-5-8(11)6-4-7/h1,3-6,9-11H/t9-,10-/m1/s1. The van der Waals surface area contributed by atoms with E-state index in [0.717, 1.165) is 5.56 Å². The van der Waals surface area contributed by atoms with E-state index in [9.17, 15) is 0 Å². The quantitative estimate of drug-likeness (QED) is 0.498. The van der Waals surface area contributed by atoms with Crippen molar-refractivity contribution in [3.8, 4) is 18.1 Å². The normalized spacial score (nSPS) is 26.2. The number of benzene rings is 1. The van der Waals surface area contributed by atoms with Crippen LogP contribution in [0.4, 0.5) is 0 Å². The molecule has 1 N–H and O–H groups in total. The molecule has 2 rings (SSSR count). The minimum Gasteiger partial charge on any atom is -0.508 e. The molecule has 0 spiro atoms. The Morgan fingerprint density at radius 3 is 2.50 bits per heavy atom. The van der Waals surface area contributed by atoms with Crippen molar-refractivity contribution in [2.45, 2.75) is 12.2 Å². The van der Waals surface area contributed by atoms with E-state index in [-0.39, 0.29) is 18.0 Å². The van der Waals surface area contributed by atoms with E-state index >= 15 is 0 Å². The fourth-order valence-electron chi connectivity index (χ4n) is 1.16. The van der Waals surface area contributed by atoms with Crippen LogP contribution in [0.3, 0.4) is 0 Å². The van der Waals surface area contributed by atoms with Gasteiger partial charge in [0.1, 0.15) is 18.0 Å². The van der Waals surface area contributed by atoms with Crippen molar-refractivity contribution in [2.24, 2.45) is 0 Å². The number of phenols is 1. The maximum atomic E-state index is 9.00. The molecule has 1 aliphatic rings. The third-order valence-corrected chi connectivity index (χ3v) is 1.88. The summed E-state index contributed by atoms with van der Waals surface area (Å²) < 4.78 is 5.17. The molecule has 2 atom stereocenters. The Balaban J connectivity index is 2.17. The smallest absolute Gasteiger partial charge is 0.149 e. The van der Waals surface area contributed by atoms with Crippen LogP contribution in [-0.4, -0.2) is 11.2 Å². The van der Waals surface area contributed by atoms with Gasteiger partial charge in [0.2, 0.25) is 0 Å². The second-order valence-electron chi connectivity index (χ2n) is 2.74. The van der Waals surface area contributed by atoms with Gasteiger partial charge < -0.3 is 9.84 Å². The van der Waals surface area contributed by atoms with Gasteiger partial charge in [-0.15, -0.1) is 6.42 Å². The molecular formula is C10H8O2. The summed E-state index contributed by atoms with van der Waals surface area (Å²) in [5.41, 5.74) is 1.02. The maximum absolute atomic E-state index is 9.00. The molecule has 1 fully saturated rings. The summed E-state index contributed by atoms with van der Waals surface area (Å²) in [4.78, 5) is 0. The van der Waals surface area contributed by atoms with E-state index < -0.39 is 0 Å². The van der Waals surface area contributed by atoms with Gasteiger partial charge in [0.25, 0.3) is 0 Å². The van der Waals surface area contributed by atoms with Gasteiger partial charge in [-0.2, -0.15) is 0 Å². The topological polar surface area (TPSA) is 32.8 Å². The first-order valence-corrected chi connectivity index (χ1v) is 3.72. The Labute approximate surface area is 70.8 Å². The molecular weight excluding hydrogens is 152 g/mol. The first-order valence-electron chi connectivity index (χ1n) is 3.72. The predicted molar refractivity (Wildman–Crippen MR) is 44.6 cm³/mol. The SMILES string of the molecule is C#C[C@H]1O[C@@H]1c1ccc(O)cc1. The Kier molecular flexibility index (Phi) is 1.53. The molecule has 0 amide bonds. The molecule has 0 unspecified atom stereocenters. The molecule has 0 bridgehead atoms. The summed E-state index contributed by atoms with van der Waals surface area (Å²) in [5.74, 6) is 2.78. The molecule has 0 aromatic heterocycles. The number of phenolic OH excluding ortho intramolecular Hbond substituents is 1. The number of rotatable bonds is 1. The van der Waals surface area contributed by atoms with Gasteiger partial charge >= 0.3 is 0 Å². The van der Waals surface area contributed by atoms with E-state index in [1.807, 2.05) is 12.1 Å². The van der Waals surface area contributed by atoms with Crippen LogP contribution in [0.15, 0.2) is 24.3 Å². The Morgan fingerprint density at radius 2 is 2.00 bits per heavy atom. The number of aromatic hydroxyl groups is 1. The minimum atomic E-state index is -0.0745. The summed E-state index contributed by atoms with van der Waals surface area (Å²) >= 11 is 0. The zero-order valence-electron chi connectivity index (χ0n) is 6.40. The molecule has 0 saturated carbocycles. The van der Waals surface area contributed by atoms with Crippen molar-refractivity contribution in [1.82, 2.24) is 0 Å². The van der Waals surface area contributed by atoms with Crippen molar-refractivity contribution in [3.05, 3.63) is 29.8 Å². The van der Waals surface area contributed by atoms with E-state index in [2.05, 4.69) is 5.92 Å². The lowest BCUT2D eigenvalue weighted by Gasteiger charge is -1.94. The van der Waals surface area contributed by atoms with Crippen molar-refractivity contribution in [1.29, 1.82) is 0 Å². The zero-order valence-corrected chi connectivity index (χ0v) is 6.40. The second-order valence-corrected chi connectivity index (χ2v) is 2.74. The number of hydrogen-bond donors (Lipinski definition) is 1. The van der Waals surface area contributed by atoms with Crippen LogP contribution in [0.25, 0.3) is 0 Å².